The molecule has 1 saturated carbocycles. The minimum absolute atomic E-state index is 0.591. The van der Waals surface area contributed by atoms with Gasteiger partial charge in [-0.2, -0.15) is 0 Å². The van der Waals surface area contributed by atoms with Gasteiger partial charge in [0.25, 0.3) is 0 Å². The lowest BCUT2D eigenvalue weighted by molar-refractivity contribution is 0.189. The number of unbranched alkanes of at least 4 members (excludes halogenated alkanes) is 1. The predicted octanol–water partition coefficient (Wildman–Crippen LogP) is 6.29. The van der Waals surface area contributed by atoms with Crippen LogP contribution in [0.2, 0.25) is 0 Å². The highest BCUT2D eigenvalue weighted by atomic mass is 16.5. The molecule has 2 aliphatic carbocycles. The van der Waals surface area contributed by atoms with Crippen molar-refractivity contribution in [2.75, 3.05) is 13.7 Å². The van der Waals surface area contributed by atoms with Crippen molar-refractivity contribution in [3.8, 4) is 0 Å². The van der Waals surface area contributed by atoms with Crippen molar-refractivity contribution >= 4 is 0 Å². The fraction of sp³-hybridized carbons (Fsp3) is 0.739. The zero-order valence-corrected chi connectivity index (χ0v) is 16.1. The van der Waals surface area contributed by atoms with Crippen molar-refractivity contribution in [3.63, 3.8) is 0 Å². The molecule has 24 heavy (non-hydrogen) atoms. The van der Waals surface area contributed by atoms with Crippen LogP contribution in [-0.2, 0) is 17.6 Å². The summed E-state index contributed by atoms with van der Waals surface area (Å²) in [5.74, 6) is 1.71. The van der Waals surface area contributed by atoms with Crippen molar-refractivity contribution < 1.29 is 4.74 Å². The SMILES string of the molecule is CC[C@@]1(C)CC[C@H](c2ccc3c(c2)CCC(CCCCOC)C3)C1. The van der Waals surface area contributed by atoms with Crippen LogP contribution < -0.4 is 0 Å². The van der Waals surface area contributed by atoms with Crippen LogP contribution in [0, 0.1) is 11.3 Å². The molecule has 3 atom stereocenters. The molecule has 1 heteroatoms. The molecule has 0 bridgehead atoms. The van der Waals surface area contributed by atoms with E-state index in [0.29, 0.717) is 5.41 Å². The van der Waals surface area contributed by atoms with Crippen LogP contribution >= 0.6 is 0 Å². The van der Waals surface area contributed by atoms with Crippen LogP contribution in [0.1, 0.15) is 87.8 Å². The summed E-state index contributed by atoms with van der Waals surface area (Å²) in [5, 5.41) is 0. The quantitative estimate of drug-likeness (QED) is 0.534. The monoisotopic (exact) mass is 328 g/mol. The van der Waals surface area contributed by atoms with E-state index in [2.05, 4.69) is 32.0 Å². The zero-order chi connectivity index (χ0) is 17.0. The Morgan fingerprint density at radius 1 is 1.17 bits per heavy atom. The average molecular weight is 329 g/mol. The highest BCUT2D eigenvalue weighted by molar-refractivity contribution is 5.36. The van der Waals surface area contributed by atoms with Crippen molar-refractivity contribution in [2.24, 2.45) is 11.3 Å². The van der Waals surface area contributed by atoms with Crippen LogP contribution in [0.5, 0.6) is 0 Å². The number of aryl methyl sites for hydroxylation is 1. The molecule has 2 aliphatic rings. The summed E-state index contributed by atoms with van der Waals surface area (Å²) in [6.07, 6.45) is 13.4. The number of fused-ring (bicyclic) bond motifs is 1. The third-order valence-corrected chi connectivity index (χ3v) is 6.93. The van der Waals surface area contributed by atoms with E-state index in [1.165, 1.54) is 64.2 Å². The first-order valence-corrected chi connectivity index (χ1v) is 10.2. The van der Waals surface area contributed by atoms with E-state index >= 15 is 0 Å². The van der Waals surface area contributed by atoms with Gasteiger partial charge in [0.1, 0.15) is 0 Å². The second kappa shape index (κ2) is 8.04. The van der Waals surface area contributed by atoms with Gasteiger partial charge in [-0.1, -0.05) is 51.3 Å². The molecule has 0 amide bonds. The summed E-state index contributed by atoms with van der Waals surface area (Å²) < 4.78 is 5.17. The van der Waals surface area contributed by atoms with Gasteiger partial charge in [0.15, 0.2) is 0 Å². The van der Waals surface area contributed by atoms with E-state index < -0.39 is 0 Å². The van der Waals surface area contributed by atoms with Crippen molar-refractivity contribution in [1.82, 2.24) is 0 Å². The Balaban J connectivity index is 1.58. The van der Waals surface area contributed by atoms with E-state index in [4.69, 9.17) is 4.74 Å². The number of hydrogen-bond donors (Lipinski definition) is 0. The predicted molar refractivity (Wildman–Crippen MR) is 103 cm³/mol. The van der Waals surface area contributed by atoms with Crippen molar-refractivity contribution in [3.05, 3.63) is 34.9 Å². The van der Waals surface area contributed by atoms with Gasteiger partial charge in [0.2, 0.25) is 0 Å². The van der Waals surface area contributed by atoms with E-state index in [9.17, 15) is 0 Å². The third kappa shape index (κ3) is 4.23. The molecule has 1 aromatic carbocycles. The molecule has 0 spiro atoms. The molecule has 3 rings (SSSR count). The van der Waals surface area contributed by atoms with Gasteiger partial charge in [-0.05, 0) is 78.9 Å². The molecule has 0 heterocycles. The van der Waals surface area contributed by atoms with Gasteiger partial charge in [-0.3, -0.25) is 0 Å². The van der Waals surface area contributed by atoms with Crippen LogP contribution in [0.25, 0.3) is 0 Å². The first-order valence-electron chi connectivity index (χ1n) is 10.2. The van der Waals surface area contributed by atoms with Crippen LogP contribution in [0.15, 0.2) is 18.2 Å². The molecule has 0 aromatic heterocycles. The summed E-state index contributed by atoms with van der Waals surface area (Å²) in [6, 6.07) is 7.49. The lowest BCUT2D eigenvalue weighted by Gasteiger charge is -2.26. The van der Waals surface area contributed by atoms with Gasteiger partial charge in [-0.25, -0.2) is 0 Å². The zero-order valence-electron chi connectivity index (χ0n) is 16.1. The molecular formula is C23H36O. The maximum atomic E-state index is 5.17. The topological polar surface area (TPSA) is 9.23 Å². The van der Waals surface area contributed by atoms with Gasteiger partial charge < -0.3 is 4.74 Å². The first-order chi connectivity index (χ1) is 11.6. The number of methoxy groups -OCH3 is 1. The number of rotatable bonds is 7. The highest BCUT2D eigenvalue weighted by Crippen LogP contribution is 2.48. The fourth-order valence-corrected chi connectivity index (χ4v) is 4.96. The molecule has 1 unspecified atom stereocenters. The number of ether oxygens (including phenoxy) is 1. The summed E-state index contributed by atoms with van der Waals surface area (Å²) >= 11 is 0. The number of hydrogen-bond acceptors (Lipinski definition) is 1. The normalized spacial score (nSPS) is 29.6. The Morgan fingerprint density at radius 2 is 2.04 bits per heavy atom. The van der Waals surface area contributed by atoms with E-state index in [-0.39, 0.29) is 0 Å². The smallest absolute Gasteiger partial charge is 0.0462 e. The molecular weight excluding hydrogens is 292 g/mol. The Kier molecular flexibility index (Phi) is 6.02. The second-order valence-electron chi connectivity index (χ2n) is 8.73. The fourth-order valence-electron chi connectivity index (χ4n) is 4.96. The summed E-state index contributed by atoms with van der Waals surface area (Å²) in [5.41, 5.74) is 5.52. The average Bonchev–Trinajstić information content (AvgIpc) is 3.01. The highest BCUT2D eigenvalue weighted by Gasteiger charge is 2.34. The maximum absolute atomic E-state index is 5.17. The van der Waals surface area contributed by atoms with Gasteiger partial charge in [0.05, 0.1) is 0 Å². The summed E-state index contributed by atoms with van der Waals surface area (Å²) in [6.45, 7) is 5.77. The van der Waals surface area contributed by atoms with Crippen LogP contribution in [0.3, 0.4) is 0 Å². The van der Waals surface area contributed by atoms with Crippen LogP contribution in [-0.4, -0.2) is 13.7 Å². The Hall–Kier alpha value is -0.820. The van der Waals surface area contributed by atoms with Crippen molar-refractivity contribution in [1.29, 1.82) is 0 Å². The van der Waals surface area contributed by atoms with Gasteiger partial charge >= 0.3 is 0 Å². The lowest BCUT2D eigenvalue weighted by atomic mass is 9.79. The summed E-state index contributed by atoms with van der Waals surface area (Å²) in [4.78, 5) is 0. The van der Waals surface area contributed by atoms with Crippen LogP contribution in [0.4, 0.5) is 0 Å². The van der Waals surface area contributed by atoms with Gasteiger partial charge in [-0.15, -0.1) is 0 Å². The Labute approximate surface area is 149 Å². The largest absolute Gasteiger partial charge is 0.385 e. The molecule has 1 aromatic rings. The van der Waals surface area contributed by atoms with E-state index in [1.54, 1.807) is 16.7 Å². The molecule has 134 valence electrons. The lowest BCUT2D eigenvalue weighted by Crippen LogP contribution is -2.15. The molecule has 0 radical (unpaired) electrons. The summed E-state index contributed by atoms with van der Waals surface area (Å²) in [7, 11) is 1.81. The van der Waals surface area contributed by atoms with E-state index in [0.717, 1.165) is 18.4 Å². The minimum Gasteiger partial charge on any atom is -0.385 e. The Morgan fingerprint density at radius 3 is 2.79 bits per heavy atom. The number of benzene rings is 1. The van der Waals surface area contributed by atoms with Crippen molar-refractivity contribution in [2.45, 2.75) is 84.0 Å². The Bertz CT molecular complexity index is 535. The first kappa shape index (κ1) is 18.0. The molecule has 0 N–H and O–H groups in total. The standard InChI is InChI=1S/C23H36O/c1-4-23(2)13-12-22(17-23)21-11-10-19-15-18(7-5-6-14-24-3)8-9-20(19)16-21/h10-11,16,18,22H,4-9,12-15,17H2,1-3H3/t18?,22-,23-/m0/s1. The molecule has 0 saturated heterocycles. The minimum atomic E-state index is 0.591. The van der Waals surface area contributed by atoms with Gasteiger partial charge in [0, 0.05) is 13.7 Å². The van der Waals surface area contributed by atoms with E-state index in [1.807, 2.05) is 7.11 Å². The molecule has 1 fully saturated rings. The molecule has 0 aliphatic heterocycles. The maximum Gasteiger partial charge on any atom is 0.0462 e. The molecule has 1 nitrogen and oxygen atoms in total. The second-order valence-corrected chi connectivity index (χ2v) is 8.73. The third-order valence-electron chi connectivity index (χ3n) is 6.93.